The van der Waals surface area contributed by atoms with Crippen LogP contribution in [0.2, 0.25) is 0 Å². The van der Waals surface area contributed by atoms with Crippen LogP contribution in [0, 0.1) is 11.3 Å². The van der Waals surface area contributed by atoms with E-state index in [1.54, 1.807) is 0 Å². The number of hydrogen-bond acceptors (Lipinski definition) is 2. The van der Waals surface area contributed by atoms with Gasteiger partial charge in [0.25, 0.3) is 0 Å². The summed E-state index contributed by atoms with van der Waals surface area (Å²) in [5, 5.41) is 3.27. The van der Waals surface area contributed by atoms with Gasteiger partial charge < -0.3 is 11.1 Å². The molecule has 3 atom stereocenters. The van der Waals surface area contributed by atoms with Gasteiger partial charge in [-0.1, -0.05) is 19.9 Å². The van der Waals surface area contributed by atoms with Crippen LogP contribution in [0.5, 0.6) is 0 Å². The molecule has 1 saturated carbocycles. The third-order valence-corrected chi connectivity index (χ3v) is 5.27. The highest BCUT2D eigenvalue weighted by atomic mass is 16.2. The van der Waals surface area contributed by atoms with Crippen molar-refractivity contribution in [3.8, 4) is 0 Å². The van der Waals surface area contributed by atoms with Crippen LogP contribution in [-0.4, -0.2) is 5.91 Å². The van der Waals surface area contributed by atoms with Crippen LogP contribution < -0.4 is 11.1 Å². The largest absolute Gasteiger partial charge is 0.399 e. The Bertz CT molecular complexity index is 540. The Balaban J connectivity index is 1.72. The van der Waals surface area contributed by atoms with E-state index in [1.165, 1.54) is 11.1 Å². The molecule has 0 spiro atoms. The summed E-state index contributed by atoms with van der Waals surface area (Å²) >= 11 is 0. The topological polar surface area (TPSA) is 55.1 Å². The lowest BCUT2D eigenvalue weighted by Gasteiger charge is -2.27. The predicted molar refractivity (Wildman–Crippen MR) is 81.2 cm³/mol. The molecule has 3 unspecified atom stereocenters. The molecule has 3 N–H and O–H groups in total. The maximum absolute atomic E-state index is 12.4. The minimum Gasteiger partial charge on any atom is -0.399 e. The minimum atomic E-state index is 0.175. The summed E-state index contributed by atoms with van der Waals surface area (Å²) in [6.07, 6.45) is 5.36. The van der Waals surface area contributed by atoms with Gasteiger partial charge in [0.05, 0.1) is 6.04 Å². The molecule has 20 heavy (non-hydrogen) atoms. The lowest BCUT2D eigenvalue weighted by molar-refractivity contribution is -0.124. The van der Waals surface area contributed by atoms with Gasteiger partial charge in [0.2, 0.25) is 5.91 Å². The van der Waals surface area contributed by atoms with Gasteiger partial charge in [-0.15, -0.1) is 0 Å². The Hall–Kier alpha value is -1.51. The molecule has 108 valence electrons. The van der Waals surface area contributed by atoms with Crippen LogP contribution in [0.25, 0.3) is 0 Å². The summed E-state index contributed by atoms with van der Waals surface area (Å²) in [5.74, 6) is 0.454. The third-order valence-electron chi connectivity index (χ3n) is 5.27. The predicted octanol–water partition coefficient (Wildman–Crippen LogP) is 3.20. The fourth-order valence-electron chi connectivity index (χ4n) is 3.46. The second kappa shape index (κ2) is 4.80. The van der Waals surface area contributed by atoms with E-state index in [2.05, 4.69) is 31.3 Å². The van der Waals surface area contributed by atoms with Gasteiger partial charge in [-0.25, -0.2) is 0 Å². The zero-order chi connectivity index (χ0) is 14.3. The number of nitrogens with two attached hydrogens (primary N) is 1. The van der Waals surface area contributed by atoms with Crippen molar-refractivity contribution in [2.45, 2.75) is 52.0 Å². The van der Waals surface area contributed by atoms with Crippen molar-refractivity contribution in [1.29, 1.82) is 0 Å². The smallest absolute Gasteiger partial charge is 0.224 e. The summed E-state index contributed by atoms with van der Waals surface area (Å²) in [5.41, 5.74) is 9.47. The van der Waals surface area contributed by atoms with Crippen LogP contribution in [0.15, 0.2) is 18.2 Å². The number of amides is 1. The van der Waals surface area contributed by atoms with Gasteiger partial charge in [-0.3, -0.25) is 4.79 Å². The number of hydrogen-bond donors (Lipinski definition) is 2. The number of aryl methyl sites for hydroxylation is 1. The molecule has 0 heterocycles. The zero-order valence-corrected chi connectivity index (χ0v) is 12.4. The molecule has 3 heteroatoms. The number of carbonyl (C=O) groups excluding carboxylic acids is 1. The van der Waals surface area contributed by atoms with E-state index in [9.17, 15) is 4.79 Å². The molecule has 3 rings (SSSR count). The Morgan fingerprint density at radius 1 is 1.50 bits per heavy atom. The van der Waals surface area contributed by atoms with E-state index < -0.39 is 0 Å². The van der Waals surface area contributed by atoms with Crippen molar-refractivity contribution in [2.75, 3.05) is 5.73 Å². The molecule has 0 radical (unpaired) electrons. The van der Waals surface area contributed by atoms with Crippen molar-refractivity contribution < 1.29 is 4.79 Å². The highest BCUT2D eigenvalue weighted by Gasteiger charge is 2.53. The lowest BCUT2D eigenvalue weighted by Crippen LogP contribution is -2.33. The van der Waals surface area contributed by atoms with E-state index >= 15 is 0 Å². The van der Waals surface area contributed by atoms with Crippen LogP contribution in [0.3, 0.4) is 0 Å². The monoisotopic (exact) mass is 272 g/mol. The molecule has 1 fully saturated rings. The number of rotatable bonds is 3. The van der Waals surface area contributed by atoms with Crippen molar-refractivity contribution in [2.24, 2.45) is 11.3 Å². The van der Waals surface area contributed by atoms with Crippen molar-refractivity contribution in [3.05, 3.63) is 29.3 Å². The fourth-order valence-corrected chi connectivity index (χ4v) is 3.46. The summed E-state index contributed by atoms with van der Waals surface area (Å²) < 4.78 is 0. The number of nitrogens with one attached hydrogen (secondary N) is 1. The second-order valence-corrected chi connectivity index (χ2v) is 6.68. The van der Waals surface area contributed by atoms with Crippen LogP contribution >= 0.6 is 0 Å². The standard InChI is InChI=1S/C17H24N2O/c1-3-17(2)10-14(17)16(20)19-15-6-4-5-11-9-12(18)7-8-13(11)15/h7-9,14-15H,3-6,10,18H2,1-2H3,(H,19,20). The maximum Gasteiger partial charge on any atom is 0.224 e. The van der Waals surface area contributed by atoms with Gasteiger partial charge >= 0.3 is 0 Å². The van der Waals surface area contributed by atoms with E-state index in [1.807, 2.05) is 6.07 Å². The van der Waals surface area contributed by atoms with Crippen LogP contribution in [-0.2, 0) is 11.2 Å². The van der Waals surface area contributed by atoms with E-state index in [0.717, 1.165) is 37.8 Å². The molecule has 0 saturated heterocycles. The summed E-state index contributed by atoms with van der Waals surface area (Å²) in [6.45, 7) is 4.39. The van der Waals surface area contributed by atoms with Gasteiger partial charge in [-0.05, 0) is 60.8 Å². The van der Waals surface area contributed by atoms with E-state index in [-0.39, 0.29) is 23.3 Å². The first kappa shape index (κ1) is 13.5. The SMILES string of the molecule is CCC1(C)CC1C(=O)NC1CCCc2cc(N)ccc21. The first-order valence-corrected chi connectivity index (χ1v) is 7.72. The van der Waals surface area contributed by atoms with Gasteiger partial charge in [0, 0.05) is 11.6 Å². The Labute approximate surface area is 120 Å². The Morgan fingerprint density at radius 2 is 2.30 bits per heavy atom. The van der Waals surface area contributed by atoms with Crippen LogP contribution in [0.1, 0.15) is 56.7 Å². The molecule has 2 aliphatic carbocycles. The highest BCUT2D eigenvalue weighted by Crippen LogP contribution is 2.55. The molecule has 1 amide bonds. The lowest BCUT2D eigenvalue weighted by atomic mass is 9.87. The van der Waals surface area contributed by atoms with Gasteiger partial charge in [0.15, 0.2) is 0 Å². The number of anilines is 1. The van der Waals surface area contributed by atoms with E-state index in [4.69, 9.17) is 5.73 Å². The van der Waals surface area contributed by atoms with Gasteiger partial charge in [-0.2, -0.15) is 0 Å². The Morgan fingerprint density at radius 3 is 3.00 bits per heavy atom. The molecule has 2 aliphatic rings. The summed E-state index contributed by atoms with van der Waals surface area (Å²) in [6, 6.07) is 6.26. The molecule has 0 aliphatic heterocycles. The number of benzene rings is 1. The fraction of sp³-hybridized carbons (Fsp3) is 0.588. The van der Waals surface area contributed by atoms with Crippen molar-refractivity contribution in [1.82, 2.24) is 5.32 Å². The maximum atomic E-state index is 12.4. The minimum absolute atomic E-state index is 0.175. The second-order valence-electron chi connectivity index (χ2n) is 6.68. The Kier molecular flexibility index (Phi) is 3.23. The number of nitrogen functional groups attached to an aromatic ring is 1. The van der Waals surface area contributed by atoms with Crippen molar-refractivity contribution in [3.63, 3.8) is 0 Å². The molecule has 1 aromatic carbocycles. The van der Waals surface area contributed by atoms with Gasteiger partial charge in [0.1, 0.15) is 0 Å². The average Bonchev–Trinajstić information content (AvgIpc) is 3.12. The number of fused-ring (bicyclic) bond motifs is 1. The normalized spacial score (nSPS) is 31.5. The van der Waals surface area contributed by atoms with E-state index in [0.29, 0.717) is 0 Å². The molecular formula is C17H24N2O. The highest BCUT2D eigenvalue weighted by molar-refractivity contribution is 5.83. The quantitative estimate of drug-likeness (QED) is 0.830. The average molecular weight is 272 g/mol. The van der Waals surface area contributed by atoms with Crippen LogP contribution in [0.4, 0.5) is 5.69 Å². The zero-order valence-electron chi connectivity index (χ0n) is 12.4. The van der Waals surface area contributed by atoms with Crippen molar-refractivity contribution >= 4 is 11.6 Å². The molecule has 0 bridgehead atoms. The summed E-state index contributed by atoms with van der Waals surface area (Å²) in [4.78, 5) is 12.4. The first-order chi connectivity index (χ1) is 9.53. The molecule has 1 aromatic rings. The molecule has 0 aromatic heterocycles. The molecular weight excluding hydrogens is 248 g/mol. The summed E-state index contributed by atoms with van der Waals surface area (Å²) in [7, 11) is 0. The number of carbonyl (C=O) groups is 1. The molecule has 3 nitrogen and oxygen atoms in total. The third kappa shape index (κ3) is 2.30. The first-order valence-electron chi connectivity index (χ1n) is 7.72.